The lowest BCUT2D eigenvalue weighted by atomic mass is 10.1. The zero-order valence-electron chi connectivity index (χ0n) is 18.4. The first kappa shape index (κ1) is 22.4. The van der Waals surface area contributed by atoms with E-state index in [1.165, 1.54) is 0 Å². The van der Waals surface area contributed by atoms with E-state index >= 15 is 0 Å². The Morgan fingerprint density at radius 1 is 1.10 bits per heavy atom. The fourth-order valence-electron chi connectivity index (χ4n) is 3.56. The number of nitrogens with zero attached hydrogens (tertiary/aromatic N) is 1. The third-order valence-electron chi connectivity index (χ3n) is 5.17. The lowest BCUT2D eigenvalue weighted by molar-refractivity contribution is 0.0519. The fourth-order valence-corrected chi connectivity index (χ4v) is 3.56. The van der Waals surface area contributed by atoms with Crippen LogP contribution in [-0.2, 0) is 4.74 Å². The van der Waals surface area contributed by atoms with Gasteiger partial charge in [0.15, 0.2) is 5.78 Å². The number of hydrogen-bond donors (Lipinski definition) is 2. The molecule has 0 radical (unpaired) electrons. The topological polar surface area (TPSA) is 101 Å². The van der Waals surface area contributed by atoms with Crippen molar-refractivity contribution in [2.45, 2.75) is 46.6 Å². The molecule has 1 aromatic heterocycles. The van der Waals surface area contributed by atoms with Crippen LogP contribution in [0.3, 0.4) is 0 Å². The van der Waals surface area contributed by atoms with E-state index in [1.807, 2.05) is 6.92 Å². The summed E-state index contributed by atoms with van der Waals surface area (Å²) in [6.45, 7) is 7.85. The number of ether oxygens (including phenoxy) is 2. The average molecular weight is 428 g/mol. The molecule has 0 spiro atoms. The number of aromatic nitrogens is 1. The van der Waals surface area contributed by atoms with Gasteiger partial charge in [0.25, 0.3) is 0 Å². The van der Waals surface area contributed by atoms with Crippen molar-refractivity contribution in [3.05, 3.63) is 46.8 Å². The monoisotopic (exact) mass is 427 g/mol. The van der Waals surface area contributed by atoms with Gasteiger partial charge in [0.2, 0.25) is 0 Å². The number of benzene rings is 1. The molecule has 0 atom stereocenters. The fraction of sp³-hybridized carbons (Fsp3) is 0.435. The summed E-state index contributed by atoms with van der Waals surface area (Å²) in [6, 6.07) is 6.82. The number of aryl methyl sites for hydroxylation is 1. The van der Waals surface area contributed by atoms with Crippen LogP contribution in [0.15, 0.2) is 24.3 Å². The van der Waals surface area contributed by atoms with E-state index < -0.39 is 5.97 Å². The van der Waals surface area contributed by atoms with E-state index in [1.54, 1.807) is 49.9 Å². The molecule has 1 aliphatic carbocycles. The van der Waals surface area contributed by atoms with Crippen LogP contribution in [-0.4, -0.2) is 53.5 Å². The highest BCUT2D eigenvalue weighted by atomic mass is 16.5. The van der Waals surface area contributed by atoms with E-state index in [9.17, 15) is 14.4 Å². The highest BCUT2D eigenvalue weighted by Crippen LogP contribution is 2.29. The van der Waals surface area contributed by atoms with Crippen molar-refractivity contribution < 1.29 is 23.9 Å². The number of urea groups is 1. The van der Waals surface area contributed by atoms with Gasteiger partial charge in [0, 0.05) is 23.0 Å². The summed E-state index contributed by atoms with van der Waals surface area (Å²) in [5.41, 5.74) is 2.48. The van der Waals surface area contributed by atoms with Crippen molar-refractivity contribution in [2.24, 2.45) is 0 Å². The number of rotatable bonds is 9. The Hall–Kier alpha value is -3.29. The minimum absolute atomic E-state index is 0.0377. The molecule has 2 N–H and O–H groups in total. The third kappa shape index (κ3) is 5.25. The zero-order chi connectivity index (χ0) is 22.5. The number of H-pyrrole nitrogens is 1. The smallest absolute Gasteiger partial charge is 0.355 e. The molecule has 1 fully saturated rings. The molecule has 2 amide bonds. The van der Waals surface area contributed by atoms with Gasteiger partial charge in [-0.05, 0) is 70.4 Å². The summed E-state index contributed by atoms with van der Waals surface area (Å²) >= 11 is 0. The molecule has 1 aliphatic rings. The van der Waals surface area contributed by atoms with Crippen LogP contribution in [0.4, 0.5) is 10.5 Å². The Kier molecular flexibility index (Phi) is 6.99. The number of carbonyl (C=O) groups excluding carboxylic acids is 3. The van der Waals surface area contributed by atoms with Gasteiger partial charge in [0.1, 0.15) is 11.4 Å². The minimum Gasteiger partial charge on any atom is -0.494 e. The van der Waals surface area contributed by atoms with Crippen molar-refractivity contribution in [1.82, 2.24) is 9.88 Å². The largest absolute Gasteiger partial charge is 0.494 e. The minimum atomic E-state index is -0.491. The third-order valence-corrected chi connectivity index (χ3v) is 5.17. The first-order chi connectivity index (χ1) is 14.8. The summed E-state index contributed by atoms with van der Waals surface area (Å²) in [6.07, 6.45) is 1.73. The first-order valence-electron chi connectivity index (χ1n) is 10.6. The predicted octanol–water partition coefficient (Wildman–Crippen LogP) is 4.09. The molecule has 2 aromatic rings. The molecule has 1 heterocycles. The van der Waals surface area contributed by atoms with E-state index in [0.29, 0.717) is 29.1 Å². The normalized spacial score (nSPS) is 12.9. The van der Waals surface area contributed by atoms with Crippen LogP contribution in [0.2, 0.25) is 0 Å². The summed E-state index contributed by atoms with van der Waals surface area (Å²) in [4.78, 5) is 42.6. The number of esters is 1. The molecule has 0 aliphatic heterocycles. The number of ketones is 1. The highest BCUT2D eigenvalue weighted by molar-refractivity contribution is 6.05. The Morgan fingerprint density at radius 3 is 2.35 bits per heavy atom. The second kappa shape index (κ2) is 9.68. The average Bonchev–Trinajstić information content (AvgIpc) is 3.52. The Morgan fingerprint density at radius 2 is 1.77 bits per heavy atom. The number of aromatic amines is 1. The lowest BCUT2D eigenvalue weighted by Crippen LogP contribution is -2.40. The SMILES string of the molecule is CCOC(=O)c1[nH]c(C)c(C(=O)CN(C(=O)Nc2ccc(OCC)cc2)C2CC2)c1C. The van der Waals surface area contributed by atoms with Gasteiger partial charge in [-0.25, -0.2) is 9.59 Å². The van der Waals surface area contributed by atoms with Crippen LogP contribution in [0, 0.1) is 13.8 Å². The van der Waals surface area contributed by atoms with Crippen molar-refractivity contribution in [3.8, 4) is 5.75 Å². The van der Waals surface area contributed by atoms with Crippen LogP contribution in [0.25, 0.3) is 0 Å². The first-order valence-corrected chi connectivity index (χ1v) is 10.6. The van der Waals surface area contributed by atoms with Gasteiger partial charge in [0.05, 0.1) is 19.8 Å². The molecule has 0 bridgehead atoms. The van der Waals surface area contributed by atoms with E-state index in [4.69, 9.17) is 9.47 Å². The second-order valence-electron chi connectivity index (χ2n) is 7.52. The summed E-state index contributed by atoms with van der Waals surface area (Å²) in [7, 11) is 0. The molecule has 0 unspecified atom stereocenters. The number of nitrogens with one attached hydrogen (secondary N) is 2. The van der Waals surface area contributed by atoms with Crippen molar-refractivity contribution in [3.63, 3.8) is 0 Å². The van der Waals surface area contributed by atoms with Gasteiger partial charge < -0.3 is 24.7 Å². The Balaban J connectivity index is 1.72. The lowest BCUT2D eigenvalue weighted by Gasteiger charge is -2.22. The number of hydrogen-bond acceptors (Lipinski definition) is 5. The summed E-state index contributed by atoms with van der Waals surface area (Å²) < 4.78 is 10.5. The molecule has 8 nitrogen and oxygen atoms in total. The molecule has 8 heteroatoms. The Labute approximate surface area is 181 Å². The van der Waals surface area contributed by atoms with Gasteiger partial charge in [-0.2, -0.15) is 0 Å². The standard InChI is InChI=1S/C23H29N3O5/c1-5-30-18-11-7-16(8-12-18)25-23(29)26(17-9-10-17)13-19(27)20-14(3)21(24-15(20)4)22(28)31-6-2/h7-8,11-12,17,24H,5-6,9-10,13H2,1-4H3,(H,25,29). The molecule has 1 aromatic carbocycles. The van der Waals surface area contributed by atoms with Crippen LogP contribution in [0.5, 0.6) is 5.75 Å². The molecule has 166 valence electrons. The maximum atomic E-state index is 13.1. The number of carbonyl (C=O) groups is 3. The molecule has 31 heavy (non-hydrogen) atoms. The summed E-state index contributed by atoms with van der Waals surface area (Å²) in [5.74, 6) is 0.0236. The van der Waals surface area contributed by atoms with Gasteiger partial charge in [-0.15, -0.1) is 0 Å². The van der Waals surface area contributed by atoms with E-state index in [0.717, 1.165) is 18.6 Å². The highest BCUT2D eigenvalue weighted by Gasteiger charge is 2.35. The maximum Gasteiger partial charge on any atom is 0.355 e. The van der Waals surface area contributed by atoms with Gasteiger partial charge in [-0.3, -0.25) is 4.79 Å². The second-order valence-corrected chi connectivity index (χ2v) is 7.52. The van der Waals surface area contributed by atoms with Crippen LogP contribution in [0.1, 0.15) is 58.8 Å². The van der Waals surface area contributed by atoms with Gasteiger partial charge in [-0.1, -0.05) is 0 Å². The predicted molar refractivity (Wildman–Crippen MR) is 117 cm³/mol. The van der Waals surface area contributed by atoms with E-state index in [-0.39, 0.29) is 36.7 Å². The van der Waals surface area contributed by atoms with Crippen LogP contribution >= 0.6 is 0 Å². The molecule has 0 saturated heterocycles. The summed E-state index contributed by atoms with van der Waals surface area (Å²) in [5, 5.41) is 2.86. The maximum absolute atomic E-state index is 13.1. The van der Waals surface area contributed by atoms with Crippen molar-refractivity contribution in [1.29, 1.82) is 0 Å². The molecular formula is C23H29N3O5. The van der Waals surface area contributed by atoms with Crippen molar-refractivity contribution >= 4 is 23.5 Å². The molecule has 3 rings (SSSR count). The Bertz CT molecular complexity index is 960. The van der Waals surface area contributed by atoms with E-state index in [2.05, 4.69) is 10.3 Å². The number of Topliss-reactive ketones (excluding diaryl/α,β-unsaturated/α-hetero) is 1. The van der Waals surface area contributed by atoms with Gasteiger partial charge >= 0.3 is 12.0 Å². The molecular weight excluding hydrogens is 398 g/mol. The number of amides is 2. The van der Waals surface area contributed by atoms with Crippen molar-refractivity contribution in [2.75, 3.05) is 25.1 Å². The quantitative estimate of drug-likeness (QED) is 0.464. The van der Waals surface area contributed by atoms with Crippen LogP contribution < -0.4 is 10.1 Å². The molecule has 1 saturated carbocycles. The number of anilines is 1. The zero-order valence-corrected chi connectivity index (χ0v) is 18.4.